The molecule has 0 amide bonds. The lowest BCUT2D eigenvalue weighted by atomic mass is 10.1. The highest BCUT2D eigenvalue weighted by molar-refractivity contribution is 7.12. The number of hydrogen-bond donors (Lipinski definition) is 1. The third-order valence-corrected chi connectivity index (χ3v) is 4.57. The van der Waals surface area contributed by atoms with Gasteiger partial charge in [-0.1, -0.05) is 0 Å². The molecule has 2 N–H and O–H groups in total. The van der Waals surface area contributed by atoms with Crippen molar-refractivity contribution in [3.63, 3.8) is 0 Å². The molecular weight excluding hydrogens is 246 g/mol. The lowest BCUT2D eigenvalue weighted by molar-refractivity contribution is 0.387. The molecule has 2 aromatic rings. The number of nitrogens with zero attached hydrogens (tertiary/aromatic N) is 2. The molecule has 3 rings (SSSR count). The van der Waals surface area contributed by atoms with Crippen molar-refractivity contribution >= 4 is 11.3 Å². The monoisotopic (exact) mass is 261 g/mol. The van der Waals surface area contributed by atoms with Gasteiger partial charge in [0.2, 0.25) is 5.88 Å². The Morgan fingerprint density at radius 2 is 2.17 bits per heavy atom. The van der Waals surface area contributed by atoms with Crippen LogP contribution in [0.5, 0.6) is 5.88 Å². The van der Waals surface area contributed by atoms with Crippen molar-refractivity contribution in [2.45, 2.75) is 25.3 Å². The summed E-state index contributed by atoms with van der Waals surface area (Å²) in [4.78, 5) is 11.1. The highest BCUT2D eigenvalue weighted by atomic mass is 32.1. The Morgan fingerprint density at radius 1 is 1.33 bits per heavy atom. The Bertz CT molecular complexity index is 546. The SMILES string of the molecule is COc1nccnc1C(N)c1cc2c(s1)CCC2. The molecule has 2 heterocycles. The fourth-order valence-electron chi connectivity index (χ4n) is 2.35. The first-order valence-electron chi connectivity index (χ1n) is 6.01. The van der Waals surface area contributed by atoms with Crippen LogP contribution in [0.2, 0.25) is 0 Å². The molecule has 5 heteroatoms. The van der Waals surface area contributed by atoms with Crippen LogP contribution in [0.3, 0.4) is 0 Å². The largest absolute Gasteiger partial charge is 0.480 e. The molecule has 0 spiro atoms. The average molecular weight is 261 g/mol. The minimum atomic E-state index is -0.246. The summed E-state index contributed by atoms with van der Waals surface area (Å²) in [6, 6.07) is 1.97. The molecule has 2 aromatic heterocycles. The summed E-state index contributed by atoms with van der Waals surface area (Å²) in [5, 5.41) is 0. The van der Waals surface area contributed by atoms with E-state index in [2.05, 4.69) is 16.0 Å². The maximum Gasteiger partial charge on any atom is 0.237 e. The number of rotatable bonds is 3. The van der Waals surface area contributed by atoms with Gasteiger partial charge in [0.25, 0.3) is 0 Å². The smallest absolute Gasteiger partial charge is 0.237 e. The number of aryl methyl sites for hydroxylation is 2. The van der Waals surface area contributed by atoms with E-state index in [0.29, 0.717) is 11.6 Å². The number of methoxy groups -OCH3 is 1. The molecule has 0 aromatic carbocycles. The second-order valence-corrected chi connectivity index (χ2v) is 5.55. The van der Waals surface area contributed by atoms with E-state index in [1.54, 1.807) is 30.8 Å². The topological polar surface area (TPSA) is 61.0 Å². The first-order chi connectivity index (χ1) is 8.79. The Hall–Kier alpha value is -1.46. The molecule has 0 radical (unpaired) electrons. The summed E-state index contributed by atoms with van der Waals surface area (Å²) in [7, 11) is 1.59. The van der Waals surface area contributed by atoms with Crippen molar-refractivity contribution in [3.05, 3.63) is 39.5 Å². The first kappa shape index (κ1) is 11.6. The molecule has 18 heavy (non-hydrogen) atoms. The molecule has 4 nitrogen and oxygen atoms in total. The highest BCUT2D eigenvalue weighted by Crippen LogP contribution is 2.35. The van der Waals surface area contributed by atoms with Gasteiger partial charge in [0.05, 0.1) is 13.2 Å². The number of thiophene rings is 1. The van der Waals surface area contributed by atoms with Gasteiger partial charge in [-0.05, 0) is 30.9 Å². The molecule has 1 aliphatic carbocycles. The molecule has 94 valence electrons. The van der Waals surface area contributed by atoms with E-state index in [0.717, 1.165) is 4.88 Å². The summed E-state index contributed by atoms with van der Waals surface area (Å²) in [5.41, 5.74) is 8.44. The standard InChI is InChI=1S/C13H15N3OS/c1-17-13-12(15-5-6-16-13)11(14)10-7-8-3-2-4-9(8)18-10/h5-7,11H,2-4,14H2,1H3. The zero-order chi connectivity index (χ0) is 12.5. The van der Waals surface area contributed by atoms with Gasteiger partial charge < -0.3 is 10.5 Å². The van der Waals surface area contributed by atoms with Gasteiger partial charge in [-0.3, -0.25) is 4.98 Å². The number of hydrogen-bond acceptors (Lipinski definition) is 5. The molecule has 1 unspecified atom stereocenters. The predicted molar refractivity (Wildman–Crippen MR) is 71.0 cm³/mol. The van der Waals surface area contributed by atoms with Crippen molar-refractivity contribution in [2.24, 2.45) is 5.73 Å². The summed E-state index contributed by atoms with van der Waals surface area (Å²) in [5.74, 6) is 0.513. The Balaban J connectivity index is 1.95. The molecule has 1 aliphatic rings. The van der Waals surface area contributed by atoms with E-state index in [1.165, 1.54) is 29.7 Å². The lowest BCUT2D eigenvalue weighted by Gasteiger charge is -2.11. The molecule has 0 bridgehead atoms. The van der Waals surface area contributed by atoms with E-state index >= 15 is 0 Å². The van der Waals surface area contributed by atoms with Gasteiger partial charge in [0, 0.05) is 22.1 Å². The van der Waals surface area contributed by atoms with Crippen LogP contribution in [0.25, 0.3) is 0 Å². The number of fused-ring (bicyclic) bond motifs is 1. The summed E-state index contributed by atoms with van der Waals surface area (Å²) in [6.45, 7) is 0. The fourth-order valence-corrected chi connectivity index (χ4v) is 3.61. The Kier molecular flexibility index (Phi) is 3.01. The maximum atomic E-state index is 6.28. The quantitative estimate of drug-likeness (QED) is 0.919. The minimum absolute atomic E-state index is 0.246. The van der Waals surface area contributed by atoms with E-state index in [4.69, 9.17) is 10.5 Å². The second-order valence-electron chi connectivity index (χ2n) is 4.38. The number of nitrogens with two attached hydrogens (primary N) is 1. The van der Waals surface area contributed by atoms with Crippen molar-refractivity contribution in [1.82, 2.24) is 9.97 Å². The Morgan fingerprint density at radius 3 is 2.94 bits per heavy atom. The minimum Gasteiger partial charge on any atom is -0.480 e. The van der Waals surface area contributed by atoms with Gasteiger partial charge in [0.1, 0.15) is 5.69 Å². The van der Waals surface area contributed by atoms with Crippen molar-refractivity contribution in [2.75, 3.05) is 7.11 Å². The third-order valence-electron chi connectivity index (χ3n) is 3.25. The molecule has 0 aliphatic heterocycles. The second kappa shape index (κ2) is 4.66. The molecule has 0 saturated carbocycles. The Labute approximate surface area is 110 Å². The molecule has 0 saturated heterocycles. The van der Waals surface area contributed by atoms with Crippen LogP contribution in [-0.2, 0) is 12.8 Å². The average Bonchev–Trinajstić information content (AvgIpc) is 2.98. The van der Waals surface area contributed by atoms with Gasteiger partial charge >= 0.3 is 0 Å². The van der Waals surface area contributed by atoms with E-state index in [9.17, 15) is 0 Å². The fraction of sp³-hybridized carbons (Fsp3) is 0.385. The van der Waals surface area contributed by atoms with Crippen molar-refractivity contribution in [1.29, 1.82) is 0 Å². The van der Waals surface area contributed by atoms with Gasteiger partial charge in [-0.15, -0.1) is 11.3 Å². The normalized spacial score (nSPS) is 15.4. The van der Waals surface area contributed by atoms with Crippen LogP contribution < -0.4 is 10.5 Å². The van der Waals surface area contributed by atoms with Crippen molar-refractivity contribution in [3.8, 4) is 5.88 Å². The molecule has 0 fully saturated rings. The zero-order valence-corrected chi connectivity index (χ0v) is 11.0. The van der Waals surface area contributed by atoms with Crippen LogP contribution in [0, 0.1) is 0 Å². The van der Waals surface area contributed by atoms with E-state index in [-0.39, 0.29) is 6.04 Å². The van der Waals surface area contributed by atoms with Crippen LogP contribution >= 0.6 is 11.3 Å². The van der Waals surface area contributed by atoms with Crippen LogP contribution in [0.15, 0.2) is 18.5 Å². The highest BCUT2D eigenvalue weighted by Gasteiger charge is 2.22. The van der Waals surface area contributed by atoms with Crippen molar-refractivity contribution < 1.29 is 4.74 Å². The zero-order valence-electron chi connectivity index (χ0n) is 10.2. The van der Waals surface area contributed by atoms with E-state index < -0.39 is 0 Å². The summed E-state index contributed by atoms with van der Waals surface area (Å²) >= 11 is 1.80. The van der Waals surface area contributed by atoms with Gasteiger partial charge in [0.15, 0.2) is 0 Å². The van der Waals surface area contributed by atoms with E-state index in [1.807, 2.05) is 0 Å². The van der Waals surface area contributed by atoms with Gasteiger partial charge in [-0.2, -0.15) is 0 Å². The number of ether oxygens (including phenoxy) is 1. The summed E-state index contributed by atoms with van der Waals surface area (Å²) in [6.07, 6.45) is 6.90. The first-order valence-corrected chi connectivity index (χ1v) is 6.83. The maximum absolute atomic E-state index is 6.28. The van der Waals surface area contributed by atoms with Crippen LogP contribution in [-0.4, -0.2) is 17.1 Å². The lowest BCUT2D eigenvalue weighted by Crippen LogP contribution is -2.14. The molecular formula is C13H15N3OS. The summed E-state index contributed by atoms with van der Waals surface area (Å²) < 4.78 is 5.22. The van der Waals surface area contributed by atoms with Crippen LogP contribution in [0.1, 0.15) is 33.5 Å². The predicted octanol–water partition coefficient (Wildman–Crippen LogP) is 2.08. The van der Waals surface area contributed by atoms with Gasteiger partial charge in [-0.25, -0.2) is 4.98 Å². The molecule has 1 atom stereocenters. The third kappa shape index (κ3) is 1.89. The van der Waals surface area contributed by atoms with Crippen LogP contribution in [0.4, 0.5) is 0 Å². The number of aromatic nitrogens is 2.